The molecule has 0 aliphatic heterocycles. The minimum atomic E-state index is -4.72. The number of halogens is 3. The van der Waals surface area contributed by atoms with Gasteiger partial charge in [-0.15, -0.1) is 0 Å². The lowest BCUT2D eigenvalue weighted by molar-refractivity contribution is -0.159. The van der Waals surface area contributed by atoms with Gasteiger partial charge in [0.15, 0.2) is 0 Å². The number of benzene rings is 1. The summed E-state index contributed by atoms with van der Waals surface area (Å²) in [5.41, 5.74) is 1.36. The van der Waals surface area contributed by atoms with E-state index in [0.717, 1.165) is 0 Å². The van der Waals surface area contributed by atoms with E-state index >= 15 is 0 Å². The van der Waals surface area contributed by atoms with Gasteiger partial charge in [-0.2, -0.15) is 23.3 Å². The molecule has 0 saturated heterocycles. The lowest BCUT2D eigenvalue weighted by Gasteiger charge is -2.09. The average Bonchev–Trinajstić information content (AvgIpc) is 3.23. The van der Waals surface area contributed by atoms with E-state index in [1.165, 1.54) is 28.9 Å². The Kier molecular flexibility index (Phi) is 5.31. The van der Waals surface area contributed by atoms with Crippen LogP contribution in [0.3, 0.4) is 0 Å². The van der Waals surface area contributed by atoms with Crippen molar-refractivity contribution in [3.8, 4) is 11.4 Å². The second-order valence-electron chi connectivity index (χ2n) is 5.70. The number of aromatic nitrogens is 4. The van der Waals surface area contributed by atoms with Crippen molar-refractivity contribution in [2.75, 3.05) is 17.2 Å². The first-order valence-electron chi connectivity index (χ1n) is 8.01. The minimum absolute atomic E-state index is 0.134. The van der Waals surface area contributed by atoms with Gasteiger partial charge in [-0.1, -0.05) is 5.16 Å². The SMILES string of the molecule is Cc1cc(NC(=O)Nc2ccc(-c3noc(C(F)(F)F)n3)cc2)n(CCO)n1. The minimum Gasteiger partial charge on any atom is -0.394 e. The van der Waals surface area contributed by atoms with Crippen LogP contribution in [0, 0.1) is 6.92 Å². The van der Waals surface area contributed by atoms with E-state index in [-0.39, 0.29) is 19.0 Å². The van der Waals surface area contributed by atoms with E-state index in [4.69, 9.17) is 5.11 Å². The molecule has 2 amide bonds. The summed E-state index contributed by atoms with van der Waals surface area (Å²) in [5.74, 6) is -1.24. The lowest BCUT2D eigenvalue weighted by atomic mass is 10.2. The molecule has 0 aliphatic carbocycles. The highest BCUT2D eigenvalue weighted by Gasteiger charge is 2.38. The van der Waals surface area contributed by atoms with Crippen molar-refractivity contribution in [1.82, 2.24) is 19.9 Å². The smallest absolute Gasteiger partial charge is 0.394 e. The number of aliphatic hydroxyl groups excluding tert-OH is 1. The quantitative estimate of drug-likeness (QED) is 0.610. The number of hydrogen-bond donors (Lipinski definition) is 3. The van der Waals surface area contributed by atoms with Crippen molar-refractivity contribution in [1.29, 1.82) is 0 Å². The van der Waals surface area contributed by atoms with Gasteiger partial charge in [0, 0.05) is 17.3 Å². The summed E-state index contributed by atoms with van der Waals surface area (Å²) in [5, 5.41) is 21.6. The molecule has 148 valence electrons. The Hall–Kier alpha value is -3.41. The summed E-state index contributed by atoms with van der Waals surface area (Å²) >= 11 is 0. The molecule has 2 aromatic heterocycles. The highest BCUT2D eigenvalue weighted by Crippen LogP contribution is 2.29. The fraction of sp³-hybridized carbons (Fsp3) is 0.250. The van der Waals surface area contributed by atoms with Gasteiger partial charge in [-0.05, 0) is 31.2 Å². The van der Waals surface area contributed by atoms with E-state index in [0.29, 0.717) is 22.8 Å². The monoisotopic (exact) mass is 396 g/mol. The zero-order valence-electron chi connectivity index (χ0n) is 14.5. The summed E-state index contributed by atoms with van der Waals surface area (Å²) in [6.45, 7) is 1.84. The maximum atomic E-state index is 12.5. The number of nitrogens with zero attached hydrogens (tertiary/aromatic N) is 4. The third-order valence-electron chi connectivity index (χ3n) is 3.53. The zero-order chi connectivity index (χ0) is 20.3. The number of rotatable bonds is 5. The van der Waals surface area contributed by atoms with Crippen molar-refractivity contribution in [2.45, 2.75) is 19.6 Å². The first-order chi connectivity index (χ1) is 13.3. The van der Waals surface area contributed by atoms with Gasteiger partial charge in [0.05, 0.1) is 18.8 Å². The van der Waals surface area contributed by atoms with Gasteiger partial charge in [0.25, 0.3) is 0 Å². The number of nitrogens with one attached hydrogen (secondary N) is 2. The summed E-state index contributed by atoms with van der Waals surface area (Å²) in [6.07, 6.45) is -4.72. The summed E-state index contributed by atoms with van der Waals surface area (Å²) in [7, 11) is 0. The molecule has 3 N–H and O–H groups in total. The Balaban J connectivity index is 1.66. The number of anilines is 2. The second-order valence-corrected chi connectivity index (χ2v) is 5.70. The Bertz CT molecular complexity index is 965. The van der Waals surface area contributed by atoms with Gasteiger partial charge in [-0.3, -0.25) is 5.32 Å². The molecule has 1 aromatic carbocycles. The number of hydrogen-bond acceptors (Lipinski definition) is 6. The van der Waals surface area contributed by atoms with E-state index in [9.17, 15) is 18.0 Å². The number of amides is 2. The van der Waals surface area contributed by atoms with Crippen LogP contribution in [0.4, 0.5) is 29.5 Å². The van der Waals surface area contributed by atoms with Crippen LogP contribution in [-0.2, 0) is 12.7 Å². The zero-order valence-corrected chi connectivity index (χ0v) is 14.5. The number of carbonyl (C=O) groups excluding carboxylic acids is 1. The molecule has 0 unspecified atom stereocenters. The Labute approximate surface area is 156 Å². The molecule has 28 heavy (non-hydrogen) atoms. The van der Waals surface area contributed by atoms with Crippen molar-refractivity contribution in [2.24, 2.45) is 0 Å². The van der Waals surface area contributed by atoms with Crippen molar-refractivity contribution < 1.29 is 27.6 Å². The highest BCUT2D eigenvalue weighted by molar-refractivity contribution is 5.99. The van der Waals surface area contributed by atoms with Crippen LogP contribution < -0.4 is 10.6 Å². The normalized spacial score (nSPS) is 11.5. The lowest BCUT2D eigenvalue weighted by Crippen LogP contribution is -2.22. The number of carbonyl (C=O) groups is 1. The molecule has 0 radical (unpaired) electrons. The van der Waals surface area contributed by atoms with Gasteiger partial charge < -0.3 is 14.9 Å². The molecular weight excluding hydrogens is 381 g/mol. The van der Waals surface area contributed by atoms with Crippen LogP contribution >= 0.6 is 0 Å². The fourth-order valence-electron chi connectivity index (χ4n) is 2.35. The number of urea groups is 1. The molecule has 2 heterocycles. The van der Waals surface area contributed by atoms with Crippen LogP contribution in [0.15, 0.2) is 34.9 Å². The molecule has 3 rings (SSSR count). The molecule has 0 atom stereocenters. The van der Waals surface area contributed by atoms with Crippen LogP contribution in [-0.4, -0.2) is 37.7 Å². The molecule has 9 nitrogen and oxygen atoms in total. The summed E-state index contributed by atoms with van der Waals surface area (Å²) in [6, 6.07) is 6.95. The average molecular weight is 396 g/mol. The van der Waals surface area contributed by atoms with Crippen LogP contribution in [0.1, 0.15) is 11.6 Å². The Morgan fingerprint density at radius 3 is 2.57 bits per heavy atom. The number of alkyl halides is 3. The predicted octanol–water partition coefficient (Wildman–Crippen LogP) is 2.90. The first-order valence-corrected chi connectivity index (χ1v) is 8.01. The molecule has 0 bridgehead atoms. The van der Waals surface area contributed by atoms with Crippen LogP contribution in [0.2, 0.25) is 0 Å². The van der Waals surface area contributed by atoms with Crippen molar-refractivity contribution in [3.63, 3.8) is 0 Å². The van der Waals surface area contributed by atoms with E-state index in [1.54, 1.807) is 13.0 Å². The molecule has 0 aliphatic rings. The van der Waals surface area contributed by atoms with Gasteiger partial charge >= 0.3 is 18.1 Å². The van der Waals surface area contributed by atoms with Gasteiger partial charge in [-0.25, -0.2) is 9.48 Å². The summed E-state index contributed by atoms with van der Waals surface area (Å²) in [4.78, 5) is 15.4. The number of aliphatic hydroxyl groups is 1. The highest BCUT2D eigenvalue weighted by atomic mass is 19.4. The Morgan fingerprint density at radius 2 is 1.96 bits per heavy atom. The first kappa shape index (κ1) is 19.4. The molecule has 12 heteroatoms. The largest absolute Gasteiger partial charge is 0.471 e. The number of aryl methyl sites for hydroxylation is 1. The molecule has 0 fully saturated rings. The molecule has 3 aromatic rings. The van der Waals surface area contributed by atoms with Gasteiger partial charge in [0.2, 0.25) is 5.82 Å². The third-order valence-corrected chi connectivity index (χ3v) is 3.53. The standard InChI is InChI=1S/C16H15F3N6O3/c1-9-8-12(25(23-9)6-7-26)21-15(27)20-11-4-2-10(3-5-11)13-22-14(28-24-13)16(17,18)19/h2-5,8,26H,6-7H2,1H3,(H2,20,21,27). The maximum Gasteiger partial charge on any atom is 0.471 e. The van der Waals surface area contributed by atoms with Crippen molar-refractivity contribution in [3.05, 3.63) is 41.9 Å². The predicted molar refractivity (Wildman–Crippen MR) is 91.4 cm³/mol. The molecule has 0 spiro atoms. The molecule has 0 saturated carbocycles. The van der Waals surface area contributed by atoms with E-state index in [2.05, 4.69) is 30.4 Å². The third kappa shape index (κ3) is 4.46. The fourth-order valence-corrected chi connectivity index (χ4v) is 2.35. The summed E-state index contributed by atoms with van der Waals surface area (Å²) < 4.78 is 43.2. The second kappa shape index (κ2) is 7.68. The van der Waals surface area contributed by atoms with E-state index < -0.39 is 18.1 Å². The van der Waals surface area contributed by atoms with Crippen molar-refractivity contribution >= 4 is 17.5 Å². The Morgan fingerprint density at radius 1 is 1.25 bits per heavy atom. The van der Waals surface area contributed by atoms with Crippen LogP contribution in [0.25, 0.3) is 11.4 Å². The molecular formula is C16H15F3N6O3. The van der Waals surface area contributed by atoms with E-state index in [1.807, 2.05) is 0 Å². The van der Waals surface area contributed by atoms with Crippen LogP contribution in [0.5, 0.6) is 0 Å². The van der Waals surface area contributed by atoms with Gasteiger partial charge in [0.1, 0.15) is 5.82 Å². The maximum absolute atomic E-state index is 12.5. The topological polar surface area (TPSA) is 118 Å².